The van der Waals surface area contributed by atoms with Crippen LogP contribution in [0.2, 0.25) is 0 Å². The molecule has 0 fully saturated rings. The zero-order chi connectivity index (χ0) is 12.0. The van der Waals surface area contributed by atoms with Gasteiger partial charge in [0, 0.05) is 0 Å². The molecule has 3 N–H and O–H groups in total. The van der Waals surface area contributed by atoms with Gasteiger partial charge < -0.3 is 10.2 Å². The molecule has 0 atom stereocenters. The molecule has 6 nitrogen and oxygen atoms in total. The molecule has 0 saturated heterocycles. The van der Waals surface area contributed by atoms with Gasteiger partial charge in [0.2, 0.25) is 0 Å². The van der Waals surface area contributed by atoms with E-state index in [0.29, 0.717) is 5.56 Å². The van der Waals surface area contributed by atoms with Crippen molar-refractivity contribution in [1.29, 1.82) is 0 Å². The van der Waals surface area contributed by atoms with Crippen LogP contribution < -0.4 is 5.43 Å². The maximum Gasteiger partial charge on any atom is 0.335 e. The summed E-state index contributed by atoms with van der Waals surface area (Å²) in [6.45, 7) is -0.630. The third-order valence-electron chi connectivity index (χ3n) is 1.70. The van der Waals surface area contributed by atoms with E-state index in [1.54, 1.807) is 12.1 Å². The number of aliphatic hydroxyl groups is 1. The van der Waals surface area contributed by atoms with E-state index in [1.807, 2.05) is 0 Å². The van der Waals surface area contributed by atoms with Crippen LogP contribution in [0.4, 0.5) is 0 Å². The van der Waals surface area contributed by atoms with Gasteiger partial charge in [0.05, 0.1) is 11.8 Å². The third kappa shape index (κ3) is 3.50. The number of hydrogen-bond donors (Lipinski definition) is 3. The fourth-order valence-corrected chi connectivity index (χ4v) is 0.926. The number of carbonyl (C=O) groups excluding carboxylic acids is 1. The monoisotopic (exact) mass is 222 g/mol. The highest BCUT2D eigenvalue weighted by molar-refractivity contribution is 5.89. The quantitative estimate of drug-likeness (QED) is 0.486. The average molecular weight is 222 g/mol. The molecule has 1 aromatic rings. The maximum atomic E-state index is 10.6. The van der Waals surface area contributed by atoms with Crippen molar-refractivity contribution in [3.63, 3.8) is 0 Å². The Labute approximate surface area is 91.2 Å². The van der Waals surface area contributed by atoms with Crippen molar-refractivity contribution in [3.8, 4) is 0 Å². The molecule has 6 heteroatoms. The highest BCUT2D eigenvalue weighted by atomic mass is 16.4. The van der Waals surface area contributed by atoms with Crippen LogP contribution in [0.5, 0.6) is 0 Å². The lowest BCUT2D eigenvalue weighted by Crippen LogP contribution is -2.20. The Morgan fingerprint density at radius 2 is 1.94 bits per heavy atom. The van der Waals surface area contributed by atoms with Crippen LogP contribution in [0.25, 0.3) is 0 Å². The molecule has 1 amide bonds. The standard InChI is InChI=1S/C10H10N2O4/c13-6-9(14)12-11-5-7-1-3-8(4-2-7)10(15)16/h1-5,13H,6H2,(H,12,14)(H,15,16)/b11-5-. The number of aromatic carboxylic acids is 1. The van der Waals surface area contributed by atoms with Crippen molar-refractivity contribution in [3.05, 3.63) is 35.4 Å². The van der Waals surface area contributed by atoms with Crippen molar-refractivity contribution < 1.29 is 19.8 Å². The molecule has 0 spiro atoms. The molecule has 0 heterocycles. The first-order chi connectivity index (χ1) is 7.63. The van der Waals surface area contributed by atoms with E-state index in [4.69, 9.17) is 10.2 Å². The summed E-state index contributed by atoms with van der Waals surface area (Å²) < 4.78 is 0. The van der Waals surface area contributed by atoms with Gasteiger partial charge in [-0.3, -0.25) is 4.79 Å². The summed E-state index contributed by atoms with van der Waals surface area (Å²) in [5.74, 6) is -1.62. The lowest BCUT2D eigenvalue weighted by molar-refractivity contribution is -0.123. The lowest BCUT2D eigenvalue weighted by atomic mass is 10.1. The number of benzene rings is 1. The number of carboxylic acid groups (broad SMARTS) is 1. The zero-order valence-corrected chi connectivity index (χ0v) is 8.25. The molecule has 0 radical (unpaired) electrons. The fraction of sp³-hybridized carbons (Fsp3) is 0.100. The maximum absolute atomic E-state index is 10.6. The number of amides is 1. The van der Waals surface area contributed by atoms with Gasteiger partial charge in [-0.05, 0) is 17.7 Å². The number of carboxylic acids is 1. The summed E-state index contributed by atoms with van der Waals surface area (Å²) >= 11 is 0. The predicted octanol–water partition coefficient (Wildman–Crippen LogP) is -0.173. The number of carbonyl (C=O) groups is 2. The van der Waals surface area contributed by atoms with E-state index in [9.17, 15) is 9.59 Å². The van der Waals surface area contributed by atoms with Crippen molar-refractivity contribution in [2.75, 3.05) is 6.61 Å². The Bertz CT molecular complexity index is 411. The van der Waals surface area contributed by atoms with E-state index in [2.05, 4.69) is 10.5 Å². The van der Waals surface area contributed by atoms with E-state index in [0.717, 1.165) is 0 Å². The second-order valence-electron chi connectivity index (χ2n) is 2.88. The number of hydrazone groups is 1. The minimum absolute atomic E-state index is 0.177. The number of nitrogens with one attached hydrogen (secondary N) is 1. The Morgan fingerprint density at radius 3 is 2.44 bits per heavy atom. The van der Waals surface area contributed by atoms with Crippen molar-refractivity contribution in [1.82, 2.24) is 5.43 Å². The lowest BCUT2D eigenvalue weighted by Gasteiger charge is -1.96. The van der Waals surface area contributed by atoms with Crippen LogP contribution in [-0.2, 0) is 4.79 Å². The second kappa shape index (κ2) is 5.62. The summed E-state index contributed by atoms with van der Waals surface area (Å²) in [7, 11) is 0. The minimum Gasteiger partial charge on any atom is -0.478 e. The average Bonchev–Trinajstić information content (AvgIpc) is 2.29. The van der Waals surface area contributed by atoms with Gasteiger partial charge in [0.1, 0.15) is 6.61 Å². The molecule has 84 valence electrons. The Morgan fingerprint density at radius 1 is 1.31 bits per heavy atom. The summed E-state index contributed by atoms with van der Waals surface area (Å²) in [5.41, 5.74) is 2.90. The minimum atomic E-state index is -1.00. The molecule has 0 saturated carbocycles. The van der Waals surface area contributed by atoms with Gasteiger partial charge in [0.25, 0.3) is 5.91 Å². The largest absolute Gasteiger partial charge is 0.478 e. The van der Waals surface area contributed by atoms with Crippen LogP contribution in [0, 0.1) is 0 Å². The molecule has 0 unspecified atom stereocenters. The SMILES string of the molecule is O=C(CO)N/N=C\c1ccc(C(=O)O)cc1. The molecular weight excluding hydrogens is 212 g/mol. The van der Waals surface area contributed by atoms with Gasteiger partial charge in [-0.25, -0.2) is 10.2 Å². The van der Waals surface area contributed by atoms with E-state index in [1.165, 1.54) is 18.3 Å². The molecule has 1 rings (SSSR count). The third-order valence-corrected chi connectivity index (χ3v) is 1.70. The highest BCUT2D eigenvalue weighted by Gasteiger charge is 2.00. The highest BCUT2D eigenvalue weighted by Crippen LogP contribution is 2.01. The topological polar surface area (TPSA) is 99.0 Å². The fourth-order valence-electron chi connectivity index (χ4n) is 0.926. The molecule has 0 aliphatic rings. The van der Waals surface area contributed by atoms with Crippen molar-refractivity contribution in [2.24, 2.45) is 5.10 Å². The number of aliphatic hydroxyl groups excluding tert-OH is 1. The Kier molecular flexibility index (Phi) is 4.16. The van der Waals surface area contributed by atoms with Crippen LogP contribution in [0.1, 0.15) is 15.9 Å². The van der Waals surface area contributed by atoms with Crippen LogP contribution in [0.3, 0.4) is 0 Å². The summed E-state index contributed by atoms with van der Waals surface area (Å²) in [6, 6.07) is 5.96. The molecular formula is C10H10N2O4. The van der Waals surface area contributed by atoms with E-state index in [-0.39, 0.29) is 5.56 Å². The Hall–Kier alpha value is -2.21. The van der Waals surface area contributed by atoms with Gasteiger partial charge in [0.15, 0.2) is 0 Å². The van der Waals surface area contributed by atoms with Gasteiger partial charge in [-0.1, -0.05) is 12.1 Å². The number of rotatable bonds is 4. The molecule has 1 aromatic carbocycles. The Balaban J connectivity index is 2.61. The summed E-state index contributed by atoms with van der Waals surface area (Å²) in [4.78, 5) is 21.1. The first kappa shape index (κ1) is 11.9. The van der Waals surface area contributed by atoms with Crippen molar-refractivity contribution >= 4 is 18.1 Å². The summed E-state index contributed by atoms with van der Waals surface area (Å²) in [6.07, 6.45) is 1.35. The van der Waals surface area contributed by atoms with Gasteiger partial charge >= 0.3 is 5.97 Å². The molecule has 0 aliphatic heterocycles. The van der Waals surface area contributed by atoms with Crippen LogP contribution >= 0.6 is 0 Å². The molecule has 16 heavy (non-hydrogen) atoms. The van der Waals surface area contributed by atoms with Gasteiger partial charge in [-0.2, -0.15) is 5.10 Å². The normalized spacial score (nSPS) is 10.3. The number of hydrogen-bond acceptors (Lipinski definition) is 4. The van der Waals surface area contributed by atoms with Crippen molar-refractivity contribution in [2.45, 2.75) is 0 Å². The predicted molar refractivity (Wildman–Crippen MR) is 56.2 cm³/mol. The zero-order valence-electron chi connectivity index (χ0n) is 8.25. The van der Waals surface area contributed by atoms with Crippen LogP contribution in [-0.4, -0.2) is 34.9 Å². The van der Waals surface area contributed by atoms with E-state index < -0.39 is 18.5 Å². The van der Waals surface area contributed by atoms with E-state index >= 15 is 0 Å². The molecule has 0 aliphatic carbocycles. The first-order valence-electron chi connectivity index (χ1n) is 4.39. The van der Waals surface area contributed by atoms with Crippen LogP contribution in [0.15, 0.2) is 29.4 Å². The smallest absolute Gasteiger partial charge is 0.335 e. The number of nitrogens with zero attached hydrogens (tertiary/aromatic N) is 1. The first-order valence-corrected chi connectivity index (χ1v) is 4.39. The summed E-state index contributed by atoms with van der Waals surface area (Å²) in [5, 5.41) is 20.6. The molecule has 0 bridgehead atoms. The second-order valence-corrected chi connectivity index (χ2v) is 2.88. The van der Waals surface area contributed by atoms with Gasteiger partial charge in [-0.15, -0.1) is 0 Å². The molecule has 0 aromatic heterocycles.